The van der Waals surface area contributed by atoms with Crippen molar-refractivity contribution in [3.8, 4) is 17.7 Å². The summed E-state index contributed by atoms with van der Waals surface area (Å²) in [7, 11) is 3.18. The van der Waals surface area contributed by atoms with Crippen LogP contribution in [0.3, 0.4) is 0 Å². The third-order valence-electron chi connectivity index (χ3n) is 3.87. The molecule has 1 amide bonds. The second-order valence-corrected chi connectivity index (χ2v) is 6.37. The molecule has 0 radical (unpaired) electrons. The van der Waals surface area contributed by atoms with Crippen molar-refractivity contribution in [3.05, 3.63) is 53.6 Å². The van der Waals surface area contributed by atoms with E-state index in [0.29, 0.717) is 40.9 Å². The van der Waals surface area contributed by atoms with Crippen molar-refractivity contribution in [2.45, 2.75) is 6.42 Å². The van der Waals surface area contributed by atoms with Gasteiger partial charge >= 0.3 is 0 Å². The van der Waals surface area contributed by atoms with E-state index < -0.39 is 0 Å². The van der Waals surface area contributed by atoms with Crippen LogP contribution in [0.15, 0.2) is 47.5 Å². The highest BCUT2D eigenvalue weighted by Crippen LogP contribution is 2.27. The van der Waals surface area contributed by atoms with Crippen LogP contribution in [0.4, 0.5) is 5.69 Å². The van der Waals surface area contributed by atoms with Crippen molar-refractivity contribution in [1.29, 1.82) is 5.26 Å². The van der Waals surface area contributed by atoms with E-state index in [1.165, 1.54) is 11.8 Å². The number of hydrogen-bond acceptors (Lipinski definition) is 6. The highest BCUT2D eigenvalue weighted by atomic mass is 32.2. The molecule has 0 atom stereocenters. The van der Waals surface area contributed by atoms with E-state index in [1.54, 1.807) is 44.7 Å². The summed E-state index contributed by atoms with van der Waals surface area (Å²) in [5, 5.41) is 14.6. The summed E-state index contributed by atoms with van der Waals surface area (Å²) in [4.78, 5) is 16.9. The molecule has 146 valence electrons. The van der Waals surface area contributed by atoms with Crippen LogP contribution in [0, 0.1) is 11.5 Å². The number of methoxy groups -OCH3 is 2. The topological polar surface area (TPSA) is 95.7 Å². The maximum atomic E-state index is 12.6. The van der Waals surface area contributed by atoms with E-state index in [-0.39, 0.29) is 5.91 Å². The SMILES string of the molecule is COc1ccc(CCNC(=O)c2ccccc2N=C(NC#N)SC)cc1OC. The number of hydrogen-bond donors (Lipinski definition) is 2. The number of rotatable bonds is 7. The third kappa shape index (κ3) is 5.66. The van der Waals surface area contributed by atoms with Crippen LogP contribution in [0.1, 0.15) is 15.9 Å². The fraction of sp³-hybridized carbons (Fsp3) is 0.250. The maximum Gasteiger partial charge on any atom is 0.253 e. The van der Waals surface area contributed by atoms with E-state index in [0.717, 1.165) is 5.56 Å². The summed E-state index contributed by atoms with van der Waals surface area (Å²) in [5.74, 6) is 1.09. The van der Waals surface area contributed by atoms with Crippen molar-refractivity contribution in [3.63, 3.8) is 0 Å². The number of nitrogens with zero attached hydrogens (tertiary/aromatic N) is 2. The largest absolute Gasteiger partial charge is 0.493 e. The predicted molar refractivity (Wildman–Crippen MR) is 111 cm³/mol. The summed E-state index contributed by atoms with van der Waals surface area (Å²) >= 11 is 1.29. The minimum atomic E-state index is -0.225. The van der Waals surface area contributed by atoms with Crippen molar-refractivity contribution < 1.29 is 14.3 Å². The Morgan fingerprint density at radius 3 is 2.61 bits per heavy atom. The van der Waals surface area contributed by atoms with E-state index in [4.69, 9.17) is 14.7 Å². The molecule has 0 spiro atoms. The zero-order chi connectivity index (χ0) is 20.4. The van der Waals surface area contributed by atoms with Crippen LogP contribution in [0.5, 0.6) is 11.5 Å². The molecule has 8 heteroatoms. The first-order valence-corrected chi connectivity index (χ1v) is 9.71. The van der Waals surface area contributed by atoms with Gasteiger partial charge < -0.3 is 14.8 Å². The minimum Gasteiger partial charge on any atom is -0.493 e. The lowest BCUT2D eigenvalue weighted by atomic mass is 10.1. The van der Waals surface area contributed by atoms with Gasteiger partial charge in [-0.1, -0.05) is 30.0 Å². The molecule has 0 aliphatic heterocycles. The number of amidine groups is 1. The Morgan fingerprint density at radius 1 is 1.18 bits per heavy atom. The van der Waals surface area contributed by atoms with Gasteiger partial charge in [0.25, 0.3) is 5.91 Å². The van der Waals surface area contributed by atoms with E-state index in [2.05, 4.69) is 15.6 Å². The molecule has 0 saturated carbocycles. The van der Waals surface area contributed by atoms with Crippen LogP contribution >= 0.6 is 11.8 Å². The highest BCUT2D eigenvalue weighted by molar-refractivity contribution is 8.13. The van der Waals surface area contributed by atoms with Gasteiger partial charge in [-0.3, -0.25) is 10.1 Å². The maximum absolute atomic E-state index is 12.6. The molecule has 0 fully saturated rings. The summed E-state index contributed by atoms with van der Waals surface area (Å²) < 4.78 is 10.5. The zero-order valence-electron chi connectivity index (χ0n) is 16.0. The molecule has 2 aromatic carbocycles. The predicted octanol–water partition coefficient (Wildman–Crippen LogP) is 3.10. The fourth-order valence-electron chi connectivity index (χ4n) is 2.50. The van der Waals surface area contributed by atoms with Crippen LogP contribution in [-0.2, 0) is 6.42 Å². The second kappa shape index (κ2) is 10.8. The summed E-state index contributed by atoms with van der Waals surface area (Å²) in [6, 6.07) is 12.7. The summed E-state index contributed by atoms with van der Waals surface area (Å²) in [6.07, 6.45) is 4.28. The highest BCUT2D eigenvalue weighted by Gasteiger charge is 2.11. The first-order chi connectivity index (χ1) is 13.6. The van der Waals surface area contributed by atoms with Crippen molar-refractivity contribution in [1.82, 2.24) is 10.6 Å². The smallest absolute Gasteiger partial charge is 0.253 e. The zero-order valence-corrected chi connectivity index (χ0v) is 16.8. The molecule has 0 saturated heterocycles. The summed E-state index contributed by atoms with van der Waals surface area (Å²) in [6.45, 7) is 0.457. The first-order valence-electron chi connectivity index (χ1n) is 8.48. The van der Waals surface area contributed by atoms with Crippen LogP contribution in [0.2, 0.25) is 0 Å². The molecule has 0 unspecified atom stereocenters. The average molecular weight is 398 g/mol. The van der Waals surface area contributed by atoms with Gasteiger partial charge in [0.1, 0.15) is 0 Å². The van der Waals surface area contributed by atoms with Crippen molar-refractivity contribution in [2.75, 3.05) is 27.0 Å². The Kier molecular flexibility index (Phi) is 8.18. The van der Waals surface area contributed by atoms with E-state index in [1.807, 2.05) is 24.4 Å². The lowest BCUT2D eigenvalue weighted by Gasteiger charge is -2.11. The van der Waals surface area contributed by atoms with Gasteiger partial charge in [0.05, 0.1) is 25.5 Å². The number of nitrogens with one attached hydrogen (secondary N) is 2. The second-order valence-electron chi connectivity index (χ2n) is 5.57. The Morgan fingerprint density at radius 2 is 1.93 bits per heavy atom. The molecule has 0 heterocycles. The van der Waals surface area contributed by atoms with Gasteiger partial charge in [-0.05, 0) is 42.5 Å². The molecule has 2 N–H and O–H groups in total. The van der Waals surface area contributed by atoms with Crippen molar-refractivity contribution >= 4 is 28.5 Å². The Hall–Kier alpha value is -3.18. The minimum absolute atomic E-state index is 0.225. The molecule has 0 aliphatic rings. The molecule has 2 rings (SSSR count). The monoisotopic (exact) mass is 398 g/mol. The number of carbonyl (C=O) groups excluding carboxylic acids is 1. The first kappa shape index (κ1) is 21.1. The van der Waals surface area contributed by atoms with Gasteiger partial charge in [-0.15, -0.1) is 0 Å². The van der Waals surface area contributed by atoms with Gasteiger partial charge in [-0.25, -0.2) is 4.99 Å². The number of ether oxygens (including phenoxy) is 2. The molecule has 0 aromatic heterocycles. The number of para-hydroxylation sites is 1. The van der Waals surface area contributed by atoms with Gasteiger partial charge in [-0.2, -0.15) is 5.26 Å². The van der Waals surface area contributed by atoms with E-state index in [9.17, 15) is 4.79 Å². The third-order valence-corrected chi connectivity index (χ3v) is 4.45. The lowest BCUT2D eigenvalue weighted by molar-refractivity contribution is 0.0955. The van der Waals surface area contributed by atoms with Crippen molar-refractivity contribution in [2.24, 2.45) is 4.99 Å². The van der Waals surface area contributed by atoms with Crippen LogP contribution < -0.4 is 20.1 Å². The summed E-state index contributed by atoms with van der Waals surface area (Å²) in [5.41, 5.74) is 1.96. The molecule has 0 aliphatic carbocycles. The number of thioether (sulfide) groups is 1. The number of amides is 1. The number of nitriles is 1. The fourth-order valence-corrected chi connectivity index (χ4v) is 2.83. The van der Waals surface area contributed by atoms with Gasteiger partial charge in [0.15, 0.2) is 22.9 Å². The molecule has 28 heavy (non-hydrogen) atoms. The normalized spacial score (nSPS) is 10.7. The number of benzene rings is 2. The van der Waals surface area contributed by atoms with Gasteiger partial charge in [0.2, 0.25) is 0 Å². The molecular weight excluding hydrogens is 376 g/mol. The quantitative estimate of drug-likeness (QED) is 0.322. The van der Waals surface area contributed by atoms with Gasteiger partial charge in [0, 0.05) is 6.54 Å². The average Bonchev–Trinajstić information content (AvgIpc) is 2.73. The Balaban J connectivity index is 2.05. The lowest BCUT2D eigenvalue weighted by Crippen LogP contribution is -2.26. The Labute approximate surface area is 168 Å². The molecule has 7 nitrogen and oxygen atoms in total. The molecule has 2 aromatic rings. The number of carbonyl (C=O) groups is 1. The van der Waals surface area contributed by atoms with Crippen LogP contribution in [0.25, 0.3) is 0 Å². The van der Waals surface area contributed by atoms with Crippen LogP contribution in [-0.4, -0.2) is 38.1 Å². The number of aliphatic imine (C=N–C) groups is 1. The molecule has 0 bridgehead atoms. The Bertz CT molecular complexity index is 893. The standard InChI is InChI=1S/C20H22N4O3S/c1-26-17-9-8-14(12-18(17)27-2)10-11-22-19(25)15-6-4-5-7-16(15)24-20(28-3)23-13-21/h4-9,12H,10-11H2,1-3H3,(H,22,25)(H,23,24). The molecular formula is C20H22N4O3S. The van der Waals surface area contributed by atoms with E-state index >= 15 is 0 Å².